The second-order valence-corrected chi connectivity index (χ2v) is 4.47. The number of benzene rings is 1. The van der Waals surface area contributed by atoms with Gasteiger partial charge in [-0.15, -0.1) is 0 Å². The van der Waals surface area contributed by atoms with Gasteiger partial charge in [0.1, 0.15) is 6.54 Å². The molecule has 0 spiro atoms. The van der Waals surface area contributed by atoms with Crippen molar-refractivity contribution in [1.29, 1.82) is 0 Å². The van der Waals surface area contributed by atoms with Gasteiger partial charge >= 0.3 is 0 Å². The zero-order valence-electron chi connectivity index (χ0n) is 11.1. The third kappa shape index (κ3) is 3.12. The highest BCUT2D eigenvalue weighted by atomic mass is 16.3. The van der Waals surface area contributed by atoms with Crippen LogP contribution in [0.4, 0.5) is 0 Å². The standard InChI is InChI=1S/C14H19N3O2/c1-2-7-16(8-9-18)14(19)10-17-11-15-12-5-3-4-6-13(12)17/h3-6,11,18H,2,7-10H2,1H3. The van der Waals surface area contributed by atoms with Crippen molar-refractivity contribution in [2.45, 2.75) is 19.9 Å². The van der Waals surface area contributed by atoms with Crippen molar-refractivity contribution < 1.29 is 9.90 Å². The van der Waals surface area contributed by atoms with Gasteiger partial charge in [0.2, 0.25) is 5.91 Å². The van der Waals surface area contributed by atoms with Crippen LogP contribution in [0.3, 0.4) is 0 Å². The number of aliphatic hydroxyl groups excluding tert-OH is 1. The number of carbonyl (C=O) groups excluding carboxylic acids is 1. The summed E-state index contributed by atoms with van der Waals surface area (Å²) >= 11 is 0. The molecule has 102 valence electrons. The van der Waals surface area contributed by atoms with Crippen LogP contribution in [0.2, 0.25) is 0 Å². The predicted octanol–water partition coefficient (Wildman–Crippen LogP) is 1.27. The Balaban J connectivity index is 2.13. The second-order valence-electron chi connectivity index (χ2n) is 4.47. The van der Waals surface area contributed by atoms with Gasteiger partial charge < -0.3 is 14.6 Å². The lowest BCUT2D eigenvalue weighted by Crippen LogP contribution is -2.36. The van der Waals surface area contributed by atoms with E-state index in [9.17, 15) is 4.79 Å². The average Bonchev–Trinajstić information content (AvgIpc) is 2.82. The van der Waals surface area contributed by atoms with Gasteiger partial charge in [0, 0.05) is 13.1 Å². The van der Waals surface area contributed by atoms with Crippen molar-refractivity contribution in [1.82, 2.24) is 14.5 Å². The number of para-hydroxylation sites is 2. The SMILES string of the molecule is CCCN(CCO)C(=O)Cn1cnc2ccccc21. The fourth-order valence-corrected chi connectivity index (χ4v) is 2.13. The first kappa shape index (κ1) is 13.5. The molecule has 5 heteroatoms. The van der Waals surface area contributed by atoms with E-state index < -0.39 is 0 Å². The number of nitrogens with zero attached hydrogens (tertiary/aromatic N) is 3. The number of hydrogen-bond acceptors (Lipinski definition) is 3. The molecule has 0 saturated carbocycles. The van der Waals surface area contributed by atoms with Gasteiger partial charge in [-0.3, -0.25) is 4.79 Å². The fraction of sp³-hybridized carbons (Fsp3) is 0.429. The molecule has 0 atom stereocenters. The van der Waals surface area contributed by atoms with Gasteiger partial charge in [-0.05, 0) is 18.6 Å². The summed E-state index contributed by atoms with van der Waals surface area (Å²) < 4.78 is 1.84. The summed E-state index contributed by atoms with van der Waals surface area (Å²) in [4.78, 5) is 18.2. The molecule has 1 aromatic heterocycles. The van der Waals surface area contributed by atoms with Crippen LogP contribution in [0, 0.1) is 0 Å². The van der Waals surface area contributed by atoms with Gasteiger partial charge in [0.15, 0.2) is 0 Å². The molecule has 0 bridgehead atoms. The highest BCUT2D eigenvalue weighted by Crippen LogP contribution is 2.12. The number of rotatable bonds is 6. The summed E-state index contributed by atoms with van der Waals surface area (Å²) in [5, 5.41) is 9.00. The zero-order chi connectivity index (χ0) is 13.7. The summed E-state index contributed by atoms with van der Waals surface area (Å²) in [5.74, 6) is 0.0130. The molecule has 0 radical (unpaired) electrons. The Kier molecular flexibility index (Phi) is 4.52. The highest BCUT2D eigenvalue weighted by molar-refractivity contribution is 5.80. The molecule has 2 aromatic rings. The van der Waals surface area contributed by atoms with E-state index in [1.54, 1.807) is 11.2 Å². The number of fused-ring (bicyclic) bond motifs is 1. The quantitative estimate of drug-likeness (QED) is 0.852. The zero-order valence-corrected chi connectivity index (χ0v) is 11.1. The maximum atomic E-state index is 12.2. The van der Waals surface area contributed by atoms with E-state index in [1.165, 1.54) is 0 Å². The van der Waals surface area contributed by atoms with E-state index in [0.717, 1.165) is 17.5 Å². The lowest BCUT2D eigenvalue weighted by molar-refractivity contribution is -0.132. The van der Waals surface area contributed by atoms with Gasteiger partial charge in [-0.25, -0.2) is 4.98 Å². The maximum absolute atomic E-state index is 12.2. The summed E-state index contributed by atoms with van der Waals surface area (Å²) in [6, 6.07) is 7.73. The Morgan fingerprint density at radius 3 is 2.89 bits per heavy atom. The molecule has 1 aromatic carbocycles. The minimum atomic E-state index is -0.00356. The molecule has 0 unspecified atom stereocenters. The number of aromatic nitrogens is 2. The molecule has 0 saturated heterocycles. The fourth-order valence-electron chi connectivity index (χ4n) is 2.13. The first-order valence-electron chi connectivity index (χ1n) is 6.54. The molecule has 1 amide bonds. The van der Waals surface area contributed by atoms with E-state index in [0.29, 0.717) is 13.1 Å². The third-order valence-electron chi connectivity index (χ3n) is 3.05. The normalized spacial score (nSPS) is 10.8. The van der Waals surface area contributed by atoms with Crippen molar-refractivity contribution in [3.05, 3.63) is 30.6 Å². The van der Waals surface area contributed by atoms with Crippen LogP contribution in [0.5, 0.6) is 0 Å². The Bertz CT molecular complexity index is 544. The number of aliphatic hydroxyl groups is 1. The number of carbonyl (C=O) groups is 1. The Hall–Kier alpha value is -1.88. The molecule has 19 heavy (non-hydrogen) atoms. The molecule has 0 aliphatic rings. The average molecular weight is 261 g/mol. The van der Waals surface area contributed by atoms with Crippen molar-refractivity contribution in [3.8, 4) is 0 Å². The smallest absolute Gasteiger partial charge is 0.242 e. The van der Waals surface area contributed by atoms with Crippen molar-refractivity contribution in [2.24, 2.45) is 0 Å². The van der Waals surface area contributed by atoms with Crippen LogP contribution < -0.4 is 0 Å². The van der Waals surface area contributed by atoms with E-state index in [-0.39, 0.29) is 19.1 Å². The van der Waals surface area contributed by atoms with Crippen molar-refractivity contribution in [2.75, 3.05) is 19.7 Å². The number of hydrogen-bond donors (Lipinski definition) is 1. The van der Waals surface area contributed by atoms with Gasteiger partial charge in [0.05, 0.1) is 24.0 Å². The summed E-state index contributed by atoms with van der Waals surface area (Å²) in [6.07, 6.45) is 2.57. The van der Waals surface area contributed by atoms with E-state index >= 15 is 0 Å². The summed E-state index contributed by atoms with van der Waals surface area (Å²) in [6.45, 7) is 3.34. The second kappa shape index (κ2) is 6.33. The van der Waals surface area contributed by atoms with Crippen LogP contribution >= 0.6 is 0 Å². The van der Waals surface area contributed by atoms with Gasteiger partial charge in [-0.2, -0.15) is 0 Å². The lowest BCUT2D eigenvalue weighted by atomic mass is 10.3. The van der Waals surface area contributed by atoms with Crippen LogP contribution in [0.1, 0.15) is 13.3 Å². The molecule has 2 rings (SSSR count). The topological polar surface area (TPSA) is 58.4 Å². The Morgan fingerprint density at radius 1 is 1.37 bits per heavy atom. The van der Waals surface area contributed by atoms with Crippen LogP contribution in [-0.2, 0) is 11.3 Å². The maximum Gasteiger partial charge on any atom is 0.242 e. The molecular formula is C14H19N3O2. The molecule has 5 nitrogen and oxygen atoms in total. The molecule has 1 heterocycles. The first-order chi connectivity index (χ1) is 9.26. The third-order valence-corrected chi connectivity index (χ3v) is 3.05. The van der Waals surface area contributed by atoms with E-state index in [2.05, 4.69) is 4.98 Å². The number of imidazole rings is 1. The predicted molar refractivity (Wildman–Crippen MR) is 73.7 cm³/mol. The minimum Gasteiger partial charge on any atom is -0.395 e. The molecule has 0 fully saturated rings. The van der Waals surface area contributed by atoms with E-state index in [1.807, 2.05) is 35.8 Å². The van der Waals surface area contributed by atoms with Crippen molar-refractivity contribution >= 4 is 16.9 Å². The highest BCUT2D eigenvalue weighted by Gasteiger charge is 2.13. The summed E-state index contributed by atoms with van der Waals surface area (Å²) in [5.41, 5.74) is 1.84. The van der Waals surface area contributed by atoms with E-state index in [4.69, 9.17) is 5.11 Å². The summed E-state index contributed by atoms with van der Waals surface area (Å²) in [7, 11) is 0. The number of amides is 1. The Morgan fingerprint density at radius 2 is 2.16 bits per heavy atom. The first-order valence-corrected chi connectivity index (χ1v) is 6.54. The molecular weight excluding hydrogens is 242 g/mol. The minimum absolute atomic E-state index is 0.00356. The molecule has 1 N–H and O–H groups in total. The van der Waals surface area contributed by atoms with Gasteiger partial charge in [-0.1, -0.05) is 19.1 Å². The van der Waals surface area contributed by atoms with Crippen LogP contribution in [0.25, 0.3) is 11.0 Å². The largest absolute Gasteiger partial charge is 0.395 e. The van der Waals surface area contributed by atoms with Crippen molar-refractivity contribution in [3.63, 3.8) is 0 Å². The molecule has 0 aliphatic carbocycles. The van der Waals surface area contributed by atoms with Crippen LogP contribution in [0.15, 0.2) is 30.6 Å². The van der Waals surface area contributed by atoms with Gasteiger partial charge in [0.25, 0.3) is 0 Å². The van der Waals surface area contributed by atoms with Crippen LogP contribution in [-0.4, -0.2) is 45.2 Å². The Labute approximate surface area is 112 Å². The monoisotopic (exact) mass is 261 g/mol. The molecule has 0 aliphatic heterocycles. The lowest BCUT2D eigenvalue weighted by Gasteiger charge is -2.21.